The van der Waals surface area contributed by atoms with Crippen molar-refractivity contribution in [2.24, 2.45) is 0 Å². The van der Waals surface area contributed by atoms with Crippen LogP contribution in [0.15, 0.2) is 53.7 Å². The van der Waals surface area contributed by atoms with Gasteiger partial charge in [0.2, 0.25) is 0 Å². The molecule has 0 radical (unpaired) electrons. The van der Waals surface area contributed by atoms with Crippen LogP contribution >= 0.6 is 11.8 Å². The zero-order chi connectivity index (χ0) is 11.2. The van der Waals surface area contributed by atoms with Crippen molar-refractivity contribution in [1.29, 1.82) is 0 Å². The lowest BCUT2D eigenvalue weighted by atomic mass is 10.2. The van der Waals surface area contributed by atoms with Crippen molar-refractivity contribution in [3.63, 3.8) is 0 Å². The highest BCUT2D eigenvalue weighted by Crippen LogP contribution is 2.27. The van der Waals surface area contributed by atoms with E-state index in [0.717, 1.165) is 17.1 Å². The molecule has 2 rings (SSSR count). The Balaban J connectivity index is 1.87. The Morgan fingerprint density at radius 2 is 2.00 bits per heavy atom. The maximum atomic E-state index is 9.57. The van der Waals surface area contributed by atoms with Crippen molar-refractivity contribution in [3.05, 3.63) is 54.4 Å². The molecule has 0 aliphatic rings. The summed E-state index contributed by atoms with van der Waals surface area (Å²) in [5, 5.41) is 9.57. The zero-order valence-electron chi connectivity index (χ0n) is 8.84. The van der Waals surface area contributed by atoms with Crippen molar-refractivity contribution >= 4 is 11.8 Å². The number of para-hydroxylation sites is 1. The number of benzene rings is 1. The second-order valence-electron chi connectivity index (χ2n) is 3.43. The summed E-state index contributed by atoms with van der Waals surface area (Å²) in [6.07, 6.45) is 4.62. The lowest BCUT2D eigenvalue weighted by Gasteiger charge is -2.03. The number of thioether (sulfide) groups is 1. The van der Waals surface area contributed by atoms with E-state index in [9.17, 15) is 5.11 Å². The molecule has 0 saturated carbocycles. The van der Waals surface area contributed by atoms with Crippen LogP contribution in [0.25, 0.3) is 0 Å². The van der Waals surface area contributed by atoms with Gasteiger partial charge in [0.25, 0.3) is 0 Å². The summed E-state index contributed by atoms with van der Waals surface area (Å²) in [6.45, 7) is 0. The van der Waals surface area contributed by atoms with Gasteiger partial charge in [0.1, 0.15) is 5.75 Å². The lowest BCUT2D eigenvalue weighted by molar-refractivity contribution is 0.462. The van der Waals surface area contributed by atoms with E-state index in [1.54, 1.807) is 24.0 Å². The van der Waals surface area contributed by atoms with Gasteiger partial charge < -0.3 is 5.11 Å². The van der Waals surface area contributed by atoms with Crippen molar-refractivity contribution < 1.29 is 5.11 Å². The molecule has 82 valence electrons. The molecule has 2 nitrogen and oxygen atoms in total. The molecule has 1 heterocycles. The first kappa shape index (κ1) is 11.0. The molecule has 0 aliphatic carbocycles. The fourth-order valence-electron chi connectivity index (χ4n) is 1.40. The Kier molecular flexibility index (Phi) is 3.83. The molecule has 0 fully saturated rings. The fourth-order valence-corrected chi connectivity index (χ4v) is 2.35. The normalized spacial score (nSPS) is 10.2. The van der Waals surface area contributed by atoms with Crippen LogP contribution in [0.1, 0.15) is 5.56 Å². The highest BCUT2D eigenvalue weighted by Gasteiger charge is 2.00. The summed E-state index contributed by atoms with van der Waals surface area (Å²) in [5.74, 6) is 1.31. The van der Waals surface area contributed by atoms with Crippen molar-refractivity contribution in [3.8, 4) is 5.75 Å². The van der Waals surface area contributed by atoms with Gasteiger partial charge in [-0.3, -0.25) is 4.98 Å². The van der Waals surface area contributed by atoms with Crippen LogP contribution in [0.2, 0.25) is 0 Å². The SMILES string of the molecule is Oc1ccccc1SCCc1cccnc1. The van der Waals surface area contributed by atoms with Crippen LogP contribution < -0.4 is 0 Å². The molecule has 1 N–H and O–H groups in total. The van der Waals surface area contributed by atoms with Crippen molar-refractivity contribution in [2.75, 3.05) is 5.75 Å². The largest absolute Gasteiger partial charge is 0.507 e. The van der Waals surface area contributed by atoms with Gasteiger partial charge in [-0.05, 0) is 30.2 Å². The molecular weight excluding hydrogens is 218 g/mol. The Hall–Kier alpha value is -1.48. The number of phenolic OH excluding ortho intramolecular Hbond substituents is 1. The maximum Gasteiger partial charge on any atom is 0.129 e. The Labute approximate surface area is 99.4 Å². The minimum atomic E-state index is 0.360. The van der Waals surface area contributed by atoms with Gasteiger partial charge in [-0.15, -0.1) is 11.8 Å². The predicted molar refractivity (Wildman–Crippen MR) is 66.8 cm³/mol. The minimum absolute atomic E-state index is 0.360. The number of nitrogens with zero attached hydrogens (tertiary/aromatic N) is 1. The summed E-state index contributed by atoms with van der Waals surface area (Å²) < 4.78 is 0. The van der Waals surface area contributed by atoms with Gasteiger partial charge >= 0.3 is 0 Å². The Morgan fingerprint density at radius 1 is 1.12 bits per heavy atom. The topological polar surface area (TPSA) is 33.1 Å². The first-order valence-corrected chi connectivity index (χ1v) is 6.14. The number of hydrogen-bond acceptors (Lipinski definition) is 3. The number of phenols is 1. The van der Waals surface area contributed by atoms with Crippen LogP contribution in [0.3, 0.4) is 0 Å². The zero-order valence-corrected chi connectivity index (χ0v) is 9.65. The quantitative estimate of drug-likeness (QED) is 0.821. The fraction of sp³-hybridized carbons (Fsp3) is 0.154. The molecule has 16 heavy (non-hydrogen) atoms. The molecule has 1 aromatic carbocycles. The van der Waals surface area contributed by atoms with Crippen LogP contribution in [-0.2, 0) is 6.42 Å². The predicted octanol–water partition coefficient (Wildman–Crippen LogP) is 3.12. The first-order chi connectivity index (χ1) is 7.86. The first-order valence-electron chi connectivity index (χ1n) is 5.16. The van der Waals surface area contributed by atoms with E-state index in [0.29, 0.717) is 5.75 Å². The number of rotatable bonds is 4. The second-order valence-corrected chi connectivity index (χ2v) is 4.56. The van der Waals surface area contributed by atoms with E-state index in [2.05, 4.69) is 11.1 Å². The molecule has 3 heteroatoms. The third kappa shape index (κ3) is 3.00. The molecule has 0 unspecified atom stereocenters. The minimum Gasteiger partial charge on any atom is -0.507 e. The van der Waals surface area contributed by atoms with E-state index in [-0.39, 0.29) is 0 Å². The maximum absolute atomic E-state index is 9.57. The molecule has 0 bridgehead atoms. The highest BCUT2D eigenvalue weighted by molar-refractivity contribution is 7.99. The molecule has 0 amide bonds. The summed E-state index contributed by atoms with van der Waals surface area (Å²) >= 11 is 1.66. The van der Waals surface area contributed by atoms with Crippen molar-refractivity contribution in [1.82, 2.24) is 4.98 Å². The third-order valence-corrected chi connectivity index (χ3v) is 3.30. The summed E-state index contributed by atoms with van der Waals surface area (Å²) in [7, 11) is 0. The summed E-state index contributed by atoms with van der Waals surface area (Å²) in [6, 6.07) is 11.4. The Morgan fingerprint density at radius 3 is 2.75 bits per heavy atom. The standard InChI is InChI=1S/C13H13NOS/c15-12-5-1-2-6-13(12)16-9-7-11-4-3-8-14-10-11/h1-6,8,10,15H,7,9H2. The number of pyridine rings is 1. The van der Waals surface area contributed by atoms with Gasteiger partial charge in [0.15, 0.2) is 0 Å². The van der Waals surface area contributed by atoms with E-state index in [1.165, 1.54) is 5.56 Å². The smallest absolute Gasteiger partial charge is 0.129 e. The van der Waals surface area contributed by atoms with E-state index in [4.69, 9.17) is 0 Å². The number of aromatic hydroxyl groups is 1. The van der Waals surface area contributed by atoms with Gasteiger partial charge in [-0.25, -0.2) is 0 Å². The summed E-state index contributed by atoms with van der Waals surface area (Å²) in [4.78, 5) is 5.01. The number of hydrogen-bond donors (Lipinski definition) is 1. The van der Waals surface area contributed by atoms with Gasteiger partial charge in [0, 0.05) is 23.0 Å². The van der Waals surface area contributed by atoms with Gasteiger partial charge in [0.05, 0.1) is 0 Å². The number of aryl methyl sites for hydroxylation is 1. The Bertz CT molecular complexity index is 445. The average molecular weight is 231 g/mol. The second kappa shape index (κ2) is 5.56. The molecule has 0 saturated heterocycles. The molecule has 0 spiro atoms. The van der Waals surface area contributed by atoms with Crippen molar-refractivity contribution in [2.45, 2.75) is 11.3 Å². The van der Waals surface area contributed by atoms with Crippen LogP contribution in [0.5, 0.6) is 5.75 Å². The average Bonchev–Trinajstić information content (AvgIpc) is 2.33. The molecule has 0 atom stereocenters. The molecule has 2 aromatic rings. The van der Waals surface area contributed by atoms with Crippen LogP contribution in [-0.4, -0.2) is 15.8 Å². The number of aromatic nitrogens is 1. The monoisotopic (exact) mass is 231 g/mol. The third-order valence-electron chi connectivity index (χ3n) is 2.24. The van der Waals surface area contributed by atoms with Crippen LogP contribution in [0.4, 0.5) is 0 Å². The van der Waals surface area contributed by atoms with E-state index in [1.807, 2.05) is 30.5 Å². The molecular formula is C13H13NOS. The van der Waals surface area contributed by atoms with Crippen LogP contribution in [0, 0.1) is 0 Å². The van der Waals surface area contributed by atoms with E-state index >= 15 is 0 Å². The highest BCUT2D eigenvalue weighted by atomic mass is 32.2. The lowest BCUT2D eigenvalue weighted by Crippen LogP contribution is -1.89. The van der Waals surface area contributed by atoms with Gasteiger partial charge in [-0.1, -0.05) is 18.2 Å². The summed E-state index contributed by atoms with van der Waals surface area (Å²) in [5.41, 5.74) is 1.23. The van der Waals surface area contributed by atoms with Gasteiger partial charge in [-0.2, -0.15) is 0 Å². The molecule has 0 aliphatic heterocycles. The molecule has 1 aromatic heterocycles. The van der Waals surface area contributed by atoms with E-state index < -0.39 is 0 Å².